The number of fused-ring (bicyclic) bond motifs is 1. The zero-order valence-electron chi connectivity index (χ0n) is 27.1. The fourth-order valence-electron chi connectivity index (χ4n) is 6.13. The van der Waals surface area contributed by atoms with Gasteiger partial charge in [-0.2, -0.15) is 0 Å². The Balaban J connectivity index is 1.27. The number of aromatic hydroxyl groups is 2. The lowest BCUT2D eigenvalue weighted by atomic mass is 10.0. The predicted octanol–water partition coefficient (Wildman–Crippen LogP) is 11.0. The molecule has 0 atom stereocenters. The molecule has 1 amide bonds. The van der Waals surface area contributed by atoms with E-state index in [1.165, 1.54) is 147 Å². The van der Waals surface area contributed by atoms with Gasteiger partial charge in [-0.15, -0.1) is 0 Å². The summed E-state index contributed by atoms with van der Waals surface area (Å²) in [4.78, 5) is 15.3. The number of aromatic amines is 1. The van der Waals surface area contributed by atoms with Gasteiger partial charge in [-0.1, -0.05) is 155 Å². The van der Waals surface area contributed by atoms with Crippen LogP contribution in [0, 0.1) is 0 Å². The smallest absolute Gasteiger partial charge is 0.220 e. The molecule has 5 nitrogen and oxygen atoms in total. The molecule has 240 valence electrons. The first-order valence-corrected chi connectivity index (χ1v) is 17.9. The van der Waals surface area contributed by atoms with Gasteiger partial charge < -0.3 is 20.5 Å². The van der Waals surface area contributed by atoms with Gasteiger partial charge in [0.1, 0.15) is 0 Å². The van der Waals surface area contributed by atoms with Crippen LogP contribution in [0.5, 0.6) is 11.5 Å². The van der Waals surface area contributed by atoms with Crippen LogP contribution in [0.2, 0.25) is 0 Å². The zero-order chi connectivity index (χ0) is 30.1. The van der Waals surface area contributed by atoms with Crippen LogP contribution < -0.4 is 5.32 Å². The predicted molar refractivity (Wildman–Crippen MR) is 179 cm³/mol. The number of benzene rings is 1. The summed E-state index contributed by atoms with van der Waals surface area (Å²) in [6.07, 6.45) is 36.1. The molecular weight excluding hydrogens is 520 g/mol. The van der Waals surface area contributed by atoms with Crippen LogP contribution in [-0.4, -0.2) is 27.6 Å². The van der Waals surface area contributed by atoms with E-state index in [0.29, 0.717) is 24.8 Å². The number of unbranched alkanes of at least 4 members (excludes halogenated alkanes) is 23. The second kappa shape index (κ2) is 24.3. The van der Waals surface area contributed by atoms with E-state index in [9.17, 15) is 15.0 Å². The molecule has 1 aromatic heterocycles. The number of hydrogen-bond acceptors (Lipinski definition) is 3. The van der Waals surface area contributed by atoms with Gasteiger partial charge in [-0.3, -0.25) is 4.79 Å². The Labute approximate surface area is 257 Å². The number of H-pyrrole nitrogens is 1. The summed E-state index contributed by atoms with van der Waals surface area (Å²) < 4.78 is 0. The van der Waals surface area contributed by atoms with E-state index in [-0.39, 0.29) is 17.4 Å². The fraction of sp³-hybridized carbons (Fsp3) is 0.757. The minimum absolute atomic E-state index is 0.0979. The Morgan fingerprint density at radius 3 is 1.52 bits per heavy atom. The van der Waals surface area contributed by atoms with Gasteiger partial charge in [0.15, 0.2) is 11.5 Å². The maximum atomic E-state index is 12.2. The van der Waals surface area contributed by atoms with E-state index < -0.39 is 0 Å². The van der Waals surface area contributed by atoms with Crippen molar-refractivity contribution in [2.24, 2.45) is 0 Å². The molecule has 0 bridgehead atoms. The molecule has 1 aromatic carbocycles. The largest absolute Gasteiger partial charge is 0.504 e. The summed E-state index contributed by atoms with van der Waals surface area (Å²) in [6.45, 7) is 2.82. The first-order valence-electron chi connectivity index (χ1n) is 17.9. The summed E-state index contributed by atoms with van der Waals surface area (Å²) in [7, 11) is 0. The van der Waals surface area contributed by atoms with Crippen molar-refractivity contribution in [3.63, 3.8) is 0 Å². The third kappa shape index (κ3) is 16.5. The Bertz CT molecular complexity index is 938. The number of carbonyl (C=O) groups excluding carboxylic acids is 1. The summed E-state index contributed by atoms with van der Waals surface area (Å²) in [6, 6.07) is 3.22. The second-order valence-corrected chi connectivity index (χ2v) is 12.7. The Morgan fingerprint density at radius 1 is 0.643 bits per heavy atom. The number of hydrogen-bond donors (Lipinski definition) is 4. The molecule has 5 heteroatoms. The quantitative estimate of drug-likeness (QED) is 0.0593. The number of nitrogens with one attached hydrogen (secondary N) is 2. The maximum Gasteiger partial charge on any atom is 0.220 e. The highest BCUT2D eigenvalue weighted by molar-refractivity contribution is 5.91. The van der Waals surface area contributed by atoms with Crippen LogP contribution in [0.15, 0.2) is 18.3 Å². The number of carbonyl (C=O) groups is 1. The molecule has 4 N–H and O–H groups in total. The molecule has 0 saturated carbocycles. The Morgan fingerprint density at radius 2 is 1.07 bits per heavy atom. The molecule has 0 saturated heterocycles. The fourth-order valence-corrected chi connectivity index (χ4v) is 6.13. The number of phenols is 2. The minimum atomic E-state index is -0.122. The van der Waals surface area contributed by atoms with Crippen molar-refractivity contribution in [1.29, 1.82) is 0 Å². The molecule has 0 radical (unpaired) electrons. The van der Waals surface area contributed by atoms with Crippen LogP contribution in [0.3, 0.4) is 0 Å². The van der Waals surface area contributed by atoms with E-state index in [1.807, 2.05) is 6.20 Å². The highest BCUT2D eigenvalue weighted by Crippen LogP contribution is 2.35. The van der Waals surface area contributed by atoms with Crippen molar-refractivity contribution in [3.05, 3.63) is 23.9 Å². The molecule has 2 aromatic rings. The van der Waals surface area contributed by atoms with E-state index in [2.05, 4.69) is 17.2 Å². The van der Waals surface area contributed by atoms with Crippen molar-refractivity contribution in [2.75, 3.05) is 6.54 Å². The third-order valence-corrected chi connectivity index (χ3v) is 8.85. The SMILES string of the molecule is CCCCCCCCCCCCCCCCCCCCCCCCCCC(=O)NCCc1c[nH]c2ccc(O)c(O)c12. The number of aromatic nitrogens is 1. The summed E-state index contributed by atoms with van der Waals surface area (Å²) in [5, 5.41) is 23.5. The molecule has 0 aliphatic rings. The topological polar surface area (TPSA) is 85.4 Å². The third-order valence-electron chi connectivity index (χ3n) is 8.85. The Kier molecular flexibility index (Phi) is 20.8. The molecule has 42 heavy (non-hydrogen) atoms. The van der Waals surface area contributed by atoms with Crippen LogP contribution in [0.4, 0.5) is 0 Å². The van der Waals surface area contributed by atoms with E-state index in [0.717, 1.165) is 23.9 Å². The van der Waals surface area contributed by atoms with Crippen molar-refractivity contribution >= 4 is 16.8 Å². The van der Waals surface area contributed by atoms with Gasteiger partial charge in [0.05, 0.1) is 0 Å². The first kappa shape index (κ1) is 36.0. The van der Waals surface area contributed by atoms with Crippen molar-refractivity contribution in [1.82, 2.24) is 10.3 Å². The Hall–Kier alpha value is -2.17. The maximum absolute atomic E-state index is 12.2. The minimum Gasteiger partial charge on any atom is -0.504 e. The molecule has 0 aliphatic carbocycles. The summed E-state index contributed by atoms with van der Waals surface area (Å²) in [5.41, 5.74) is 1.68. The average Bonchev–Trinajstić information content (AvgIpc) is 3.40. The number of phenolic OH excluding ortho intramolecular Hbond substituents is 2. The van der Waals surface area contributed by atoms with Crippen molar-refractivity contribution < 1.29 is 15.0 Å². The van der Waals surface area contributed by atoms with Gasteiger partial charge in [-0.25, -0.2) is 0 Å². The molecule has 0 unspecified atom stereocenters. The van der Waals surface area contributed by atoms with Gasteiger partial charge >= 0.3 is 0 Å². The first-order chi connectivity index (χ1) is 20.6. The van der Waals surface area contributed by atoms with Crippen LogP contribution in [-0.2, 0) is 11.2 Å². The zero-order valence-corrected chi connectivity index (χ0v) is 27.1. The highest BCUT2D eigenvalue weighted by atomic mass is 16.3. The lowest BCUT2D eigenvalue weighted by molar-refractivity contribution is -0.121. The van der Waals surface area contributed by atoms with Gasteiger partial charge in [0.2, 0.25) is 5.91 Å². The lowest BCUT2D eigenvalue weighted by Gasteiger charge is -2.06. The monoisotopic (exact) mass is 584 g/mol. The van der Waals surface area contributed by atoms with Gasteiger partial charge in [0.25, 0.3) is 0 Å². The van der Waals surface area contributed by atoms with Crippen molar-refractivity contribution in [3.8, 4) is 11.5 Å². The molecule has 2 rings (SSSR count). The van der Waals surface area contributed by atoms with Crippen LogP contribution in [0.1, 0.15) is 173 Å². The van der Waals surface area contributed by atoms with Gasteiger partial charge in [-0.05, 0) is 30.5 Å². The average molecular weight is 585 g/mol. The van der Waals surface area contributed by atoms with Gasteiger partial charge in [0, 0.05) is 30.1 Å². The second-order valence-electron chi connectivity index (χ2n) is 12.7. The molecule has 1 heterocycles. The van der Waals surface area contributed by atoms with E-state index in [4.69, 9.17) is 0 Å². The number of amides is 1. The standard InChI is InChI=1S/C37H64N2O3/c1-2-3-4-5-6-7-8-9-10-11-12-13-14-15-16-17-18-19-20-21-22-23-24-25-26-35(41)38-30-29-32-31-39-33-27-28-34(40)37(42)36(32)33/h27-28,31,39-40,42H,2-26,29-30H2,1H3,(H,38,41). The summed E-state index contributed by atoms with van der Waals surface area (Å²) >= 11 is 0. The number of rotatable bonds is 28. The van der Waals surface area contributed by atoms with E-state index in [1.54, 1.807) is 6.07 Å². The van der Waals surface area contributed by atoms with Crippen molar-refractivity contribution in [2.45, 2.75) is 174 Å². The molecule has 0 spiro atoms. The highest BCUT2D eigenvalue weighted by Gasteiger charge is 2.12. The molecular formula is C37H64N2O3. The normalized spacial score (nSPS) is 11.5. The molecule has 0 aliphatic heterocycles. The lowest BCUT2D eigenvalue weighted by Crippen LogP contribution is -2.25. The summed E-state index contributed by atoms with van der Waals surface area (Å²) in [5.74, 6) is -0.126. The molecule has 0 fully saturated rings. The van der Waals surface area contributed by atoms with E-state index >= 15 is 0 Å². The van der Waals surface area contributed by atoms with Crippen LogP contribution in [0.25, 0.3) is 10.9 Å². The van der Waals surface area contributed by atoms with Crippen LogP contribution >= 0.6 is 0 Å².